The van der Waals surface area contributed by atoms with Gasteiger partial charge < -0.3 is 4.90 Å². The molecule has 1 aromatic heterocycles. The lowest BCUT2D eigenvalue weighted by Gasteiger charge is -2.51. The molecule has 1 aromatic carbocycles. The fourth-order valence-electron chi connectivity index (χ4n) is 5.51. The fraction of sp³-hybridized carbons (Fsp3) is 0.571. The van der Waals surface area contributed by atoms with Crippen molar-refractivity contribution in [2.24, 2.45) is 5.92 Å². The van der Waals surface area contributed by atoms with E-state index in [9.17, 15) is 4.79 Å². The Morgan fingerprint density at radius 1 is 1.15 bits per heavy atom. The molecule has 0 spiro atoms. The van der Waals surface area contributed by atoms with Gasteiger partial charge in [0.15, 0.2) is 0 Å². The van der Waals surface area contributed by atoms with Gasteiger partial charge in [-0.1, -0.05) is 29.8 Å². The molecule has 2 bridgehead atoms. The molecule has 0 radical (unpaired) electrons. The zero-order valence-corrected chi connectivity index (χ0v) is 15.9. The molecule has 27 heavy (non-hydrogen) atoms. The Hall–Kier alpha value is -2.21. The Labute approximate surface area is 160 Å². The summed E-state index contributed by atoms with van der Waals surface area (Å²) >= 11 is 0. The molecule has 0 N–H and O–H groups in total. The number of rotatable bonds is 4. The van der Waals surface area contributed by atoms with E-state index in [2.05, 4.69) is 51.1 Å². The standard InChI is InChI=1S/C21H27N5O/c1-15-2-4-16(5-3-15)18-12-26(19(27)8-11-25-14-22-13-23-25)20-17-6-9-24(10-7-17)21(18)20/h2-5,13-14,17-18,20-21H,6-12H2,1H3/t18-,20+,21+/m0/s1. The molecule has 6 nitrogen and oxygen atoms in total. The molecule has 4 aliphatic heterocycles. The van der Waals surface area contributed by atoms with Gasteiger partial charge in [-0.2, -0.15) is 5.10 Å². The molecule has 0 aliphatic carbocycles. The highest BCUT2D eigenvalue weighted by atomic mass is 16.2. The number of fused-ring (bicyclic) bond motifs is 2. The third-order valence-corrected chi connectivity index (χ3v) is 6.84. The number of carbonyl (C=O) groups is 1. The van der Waals surface area contributed by atoms with Crippen LogP contribution in [0, 0.1) is 12.8 Å². The summed E-state index contributed by atoms with van der Waals surface area (Å²) in [5.41, 5.74) is 2.68. The number of aromatic nitrogens is 3. The first kappa shape index (κ1) is 16.9. The maximum Gasteiger partial charge on any atom is 0.224 e. The van der Waals surface area contributed by atoms with Gasteiger partial charge in [0.05, 0.1) is 12.6 Å². The van der Waals surface area contributed by atoms with Gasteiger partial charge in [0.2, 0.25) is 5.91 Å². The normalized spacial score (nSPS) is 31.9. The van der Waals surface area contributed by atoms with Crippen molar-refractivity contribution < 1.29 is 4.79 Å². The van der Waals surface area contributed by atoms with E-state index < -0.39 is 0 Å². The summed E-state index contributed by atoms with van der Waals surface area (Å²) in [5, 5.41) is 4.13. The van der Waals surface area contributed by atoms with E-state index in [1.807, 2.05) is 0 Å². The number of amides is 1. The lowest BCUT2D eigenvalue weighted by Crippen LogP contribution is -2.60. The molecule has 4 saturated heterocycles. The summed E-state index contributed by atoms with van der Waals surface area (Å²) in [6, 6.07) is 9.80. The minimum atomic E-state index is 0.267. The predicted molar refractivity (Wildman–Crippen MR) is 102 cm³/mol. The molecule has 6 rings (SSSR count). The molecular weight excluding hydrogens is 338 g/mol. The maximum absolute atomic E-state index is 13.1. The molecule has 4 aliphatic rings. The Balaban J connectivity index is 1.40. The van der Waals surface area contributed by atoms with E-state index >= 15 is 0 Å². The first-order chi connectivity index (χ1) is 13.2. The van der Waals surface area contributed by atoms with Crippen molar-refractivity contribution in [1.29, 1.82) is 0 Å². The van der Waals surface area contributed by atoms with E-state index in [-0.39, 0.29) is 5.91 Å². The minimum Gasteiger partial charge on any atom is -0.337 e. The van der Waals surface area contributed by atoms with Crippen LogP contribution < -0.4 is 0 Å². The Bertz CT molecular complexity index is 794. The third-order valence-electron chi connectivity index (χ3n) is 6.84. The van der Waals surface area contributed by atoms with Crippen LogP contribution in [0.1, 0.15) is 36.3 Å². The molecule has 5 heterocycles. The van der Waals surface area contributed by atoms with Crippen LogP contribution in [-0.2, 0) is 11.3 Å². The van der Waals surface area contributed by atoms with Crippen LogP contribution in [0.15, 0.2) is 36.9 Å². The quantitative estimate of drug-likeness (QED) is 0.832. The van der Waals surface area contributed by atoms with E-state index in [0.29, 0.717) is 36.9 Å². The number of carbonyl (C=O) groups excluding carboxylic acids is 1. The minimum absolute atomic E-state index is 0.267. The van der Waals surface area contributed by atoms with E-state index in [1.165, 1.54) is 43.4 Å². The van der Waals surface area contributed by atoms with E-state index in [0.717, 1.165) is 6.54 Å². The first-order valence-electron chi connectivity index (χ1n) is 10.1. The number of hydrogen-bond acceptors (Lipinski definition) is 4. The van der Waals surface area contributed by atoms with Gasteiger partial charge in [0.25, 0.3) is 0 Å². The maximum atomic E-state index is 13.1. The monoisotopic (exact) mass is 365 g/mol. The van der Waals surface area contributed by atoms with Crippen LogP contribution in [0.25, 0.3) is 0 Å². The van der Waals surface area contributed by atoms with Gasteiger partial charge in [-0.15, -0.1) is 0 Å². The topological polar surface area (TPSA) is 54.3 Å². The molecule has 0 unspecified atom stereocenters. The van der Waals surface area contributed by atoms with Gasteiger partial charge in [-0.25, -0.2) is 4.98 Å². The second kappa shape index (κ2) is 6.75. The summed E-state index contributed by atoms with van der Waals surface area (Å²) < 4.78 is 1.75. The number of piperidine rings is 3. The predicted octanol–water partition coefficient (Wildman–Crippen LogP) is 2.07. The van der Waals surface area contributed by atoms with Gasteiger partial charge in [-0.3, -0.25) is 14.4 Å². The summed E-state index contributed by atoms with van der Waals surface area (Å²) in [7, 11) is 0. The third kappa shape index (κ3) is 2.96. The zero-order chi connectivity index (χ0) is 18.4. The molecule has 6 heteroatoms. The molecular formula is C21H27N5O. The van der Waals surface area contributed by atoms with Crippen LogP contribution in [0.4, 0.5) is 0 Å². The molecule has 1 amide bonds. The van der Waals surface area contributed by atoms with E-state index in [4.69, 9.17) is 0 Å². The summed E-state index contributed by atoms with van der Waals surface area (Å²) in [6.07, 6.45) is 6.17. The molecule has 4 fully saturated rings. The highest BCUT2D eigenvalue weighted by Gasteiger charge is 2.54. The zero-order valence-electron chi connectivity index (χ0n) is 15.9. The summed E-state index contributed by atoms with van der Waals surface area (Å²) in [6.45, 7) is 5.97. The second-order valence-electron chi connectivity index (χ2n) is 8.33. The lowest BCUT2D eigenvalue weighted by molar-refractivity contribution is -0.136. The number of likely N-dealkylation sites (tertiary alicyclic amines) is 1. The molecule has 2 aromatic rings. The average Bonchev–Trinajstić information content (AvgIpc) is 3.37. The van der Waals surface area contributed by atoms with Crippen LogP contribution in [0.3, 0.4) is 0 Å². The van der Waals surface area contributed by atoms with Crippen molar-refractivity contribution in [3.63, 3.8) is 0 Å². The number of aryl methyl sites for hydroxylation is 2. The second-order valence-corrected chi connectivity index (χ2v) is 8.33. The van der Waals surface area contributed by atoms with Gasteiger partial charge in [-0.05, 0) is 44.3 Å². The first-order valence-corrected chi connectivity index (χ1v) is 10.1. The number of nitrogens with zero attached hydrogens (tertiary/aromatic N) is 5. The van der Waals surface area contributed by atoms with Gasteiger partial charge >= 0.3 is 0 Å². The smallest absolute Gasteiger partial charge is 0.224 e. The summed E-state index contributed by atoms with van der Waals surface area (Å²) in [5.74, 6) is 1.35. The summed E-state index contributed by atoms with van der Waals surface area (Å²) in [4.78, 5) is 22.0. The molecule has 3 atom stereocenters. The number of benzene rings is 1. The van der Waals surface area contributed by atoms with Crippen molar-refractivity contribution in [2.45, 2.75) is 50.7 Å². The van der Waals surface area contributed by atoms with Crippen LogP contribution in [0.5, 0.6) is 0 Å². The largest absolute Gasteiger partial charge is 0.337 e. The Kier molecular flexibility index (Phi) is 4.23. The molecule has 142 valence electrons. The SMILES string of the molecule is Cc1ccc([C@@H]2CN(C(=O)CCn3cncn3)[C@@H]3C4CCN(CC4)[C@@H]32)cc1. The molecule has 0 saturated carbocycles. The average molecular weight is 365 g/mol. The van der Waals surface area contributed by atoms with Gasteiger partial charge in [0.1, 0.15) is 12.7 Å². The highest BCUT2D eigenvalue weighted by molar-refractivity contribution is 5.77. The van der Waals surface area contributed by atoms with Crippen molar-refractivity contribution in [2.75, 3.05) is 19.6 Å². The van der Waals surface area contributed by atoms with Crippen LogP contribution >= 0.6 is 0 Å². The van der Waals surface area contributed by atoms with Crippen LogP contribution in [-0.4, -0.2) is 62.2 Å². The van der Waals surface area contributed by atoms with Crippen LogP contribution in [0.2, 0.25) is 0 Å². The van der Waals surface area contributed by atoms with Crippen molar-refractivity contribution in [3.8, 4) is 0 Å². The number of hydrogen-bond donors (Lipinski definition) is 0. The van der Waals surface area contributed by atoms with Crippen molar-refractivity contribution in [3.05, 3.63) is 48.0 Å². The Morgan fingerprint density at radius 2 is 1.93 bits per heavy atom. The lowest BCUT2D eigenvalue weighted by atomic mass is 9.75. The Morgan fingerprint density at radius 3 is 2.63 bits per heavy atom. The van der Waals surface area contributed by atoms with Crippen molar-refractivity contribution >= 4 is 5.91 Å². The van der Waals surface area contributed by atoms with E-state index in [1.54, 1.807) is 11.0 Å². The fourth-order valence-corrected chi connectivity index (χ4v) is 5.51. The highest BCUT2D eigenvalue weighted by Crippen LogP contribution is 2.46. The van der Waals surface area contributed by atoms with Crippen molar-refractivity contribution in [1.82, 2.24) is 24.6 Å². The van der Waals surface area contributed by atoms with Gasteiger partial charge in [0, 0.05) is 24.9 Å².